The van der Waals surface area contributed by atoms with Crippen LogP contribution in [0.25, 0.3) is 0 Å². The summed E-state index contributed by atoms with van der Waals surface area (Å²) in [6, 6.07) is 4.72. The summed E-state index contributed by atoms with van der Waals surface area (Å²) >= 11 is 0. The topological polar surface area (TPSA) is 71.0 Å². The molecule has 0 unspecified atom stereocenters. The van der Waals surface area contributed by atoms with Crippen LogP contribution in [0.3, 0.4) is 0 Å². The number of halogens is 3. The highest BCUT2D eigenvalue weighted by molar-refractivity contribution is 7.91. The van der Waals surface area contributed by atoms with Gasteiger partial charge in [-0.3, -0.25) is 0 Å². The van der Waals surface area contributed by atoms with Crippen LogP contribution in [0.1, 0.15) is 5.56 Å². The molecule has 1 aliphatic heterocycles. The number of rotatable bonds is 3. The maximum absolute atomic E-state index is 12.8. The lowest BCUT2D eigenvalue weighted by Crippen LogP contribution is -2.29. The summed E-state index contributed by atoms with van der Waals surface area (Å²) in [5.74, 6) is -0.741. The van der Waals surface area contributed by atoms with E-state index in [1.54, 1.807) is 0 Å². The summed E-state index contributed by atoms with van der Waals surface area (Å²) in [4.78, 5) is 4.74. The molecule has 0 aliphatic carbocycles. The van der Waals surface area contributed by atoms with E-state index in [1.807, 2.05) is 0 Å². The number of hydrogen-bond donors (Lipinski definition) is 1. The molecule has 110 valence electrons. The Bertz CT molecular complexity index is 643. The van der Waals surface area contributed by atoms with Gasteiger partial charge in [-0.25, -0.2) is 8.42 Å². The predicted octanol–water partition coefficient (Wildman–Crippen LogP) is 1.32. The van der Waals surface area contributed by atoms with Crippen LogP contribution in [-0.4, -0.2) is 26.3 Å². The van der Waals surface area contributed by atoms with Crippen molar-refractivity contribution < 1.29 is 26.4 Å². The highest BCUT2D eigenvalue weighted by Crippen LogP contribution is 2.36. The molecule has 0 amide bonds. The molecule has 20 heavy (non-hydrogen) atoms. The van der Waals surface area contributed by atoms with Gasteiger partial charge < -0.3 is 4.84 Å². The molecule has 0 atom stereocenters. The van der Waals surface area contributed by atoms with E-state index in [1.165, 1.54) is 18.2 Å². The van der Waals surface area contributed by atoms with Gasteiger partial charge in [0.05, 0.1) is 11.3 Å². The molecule has 2 rings (SSSR count). The maximum atomic E-state index is 12.8. The Hall–Kier alpha value is -1.81. The number of anilines is 1. The molecular weight excluding hydrogens is 299 g/mol. The van der Waals surface area contributed by atoms with Crippen molar-refractivity contribution in [1.82, 2.24) is 5.59 Å². The molecule has 0 aromatic heterocycles. The van der Waals surface area contributed by atoms with E-state index in [-0.39, 0.29) is 11.6 Å². The van der Waals surface area contributed by atoms with Crippen molar-refractivity contribution >= 4 is 21.4 Å². The Labute approximate surface area is 112 Å². The molecular formula is C10H10F3N3O3S. The molecule has 6 nitrogen and oxygen atoms in total. The second-order valence-electron chi connectivity index (χ2n) is 4.08. The van der Waals surface area contributed by atoms with E-state index in [0.29, 0.717) is 0 Å². The summed E-state index contributed by atoms with van der Waals surface area (Å²) in [6.07, 6.45) is -3.60. The van der Waals surface area contributed by atoms with Crippen molar-refractivity contribution in [1.29, 1.82) is 0 Å². The SMILES string of the molecule is CS(=O)(=O)CC1=NN(c2ccccc2C(F)(F)F)NO1. The van der Waals surface area contributed by atoms with Crippen LogP contribution in [0.2, 0.25) is 0 Å². The monoisotopic (exact) mass is 309 g/mol. The number of nitrogens with zero attached hydrogens (tertiary/aromatic N) is 2. The number of benzene rings is 1. The van der Waals surface area contributed by atoms with Gasteiger partial charge in [-0.2, -0.15) is 18.3 Å². The first-order chi connectivity index (χ1) is 9.17. The Morgan fingerprint density at radius 2 is 2.00 bits per heavy atom. The molecule has 1 N–H and O–H groups in total. The van der Waals surface area contributed by atoms with E-state index >= 15 is 0 Å². The maximum Gasteiger partial charge on any atom is 0.418 e. The molecule has 1 aromatic rings. The molecule has 0 spiro atoms. The van der Waals surface area contributed by atoms with Gasteiger partial charge in [0.1, 0.15) is 5.75 Å². The van der Waals surface area contributed by atoms with E-state index in [0.717, 1.165) is 17.4 Å². The second kappa shape index (κ2) is 4.94. The minimum absolute atomic E-state index is 0.232. The standard InChI is InChI=1S/C10H10F3N3O3S/c1-20(17,18)6-9-14-16(15-19-9)8-5-3-2-4-7(8)10(11,12)13/h2-5,15H,6H2,1H3. The van der Waals surface area contributed by atoms with Crippen molar-refractivity contribution in [3.05, 3.63) is 29.8 Å². The van der Waals surface area contributed by atoms with Crippen LogP contribution in [0.15, 0.2) is 29.4 Å². The van der Waals surface area contributed by atoms with Crippen LogP contribution >= 0.6 is 0 Å². The van der Waals surface area contributed by atoms with Crippen molar-refractivity contribution in [3.63, 3.8) is 0 Å². The van der Waals surface area contributed by atoms with Gasteiger partial charge in [-0.15, -0.1) is 5.10 Å². The first-order valence-corrected chi connectivity index (χ1v) is 7.37. The highest BCUT2D eigenvalue weighted by atomic mass is 32.2. The van der Waals surface area contributed by atoms with Gasteiger partial charge in [-0.1, -0.05) is 12.1 Å². The van der Waals surface area contributed by atoms with Gasteiger partial charge in [0.15, 0.2) is 9.84 Å². The van der Waals surface area contributed by atoms with E-state index in [9.17, 15) is 21.6 Å². The lowest BCUT2D eigenvalue weighted by molar-refractivity contribution is -0.137. The number of sulfone groups is 1. The smallest absolute Gasteiger partial charge is 0.369 e. The fourth-order valence-corrected chi connectivity index (χ4v) is 2.10. The quantitative estimate of drug-likeness (QED) is 0.912. The second-order valence-corrected chi connectivity index (χ2v) is 6.22. The van der Waals surface area contributed by atoms with Crippen molar-refractivity contribution in [2.24, 2.45) is 5.10 Å². The fourth-order valence-electron chi connectivity index (χ4n) is 1.53. The number of alkyl halides is 3. The third-order valence-electron chi connectivity index (χ3n) is 2.28. The molecule has 0 radical (unpaired) electrons. The van der Waals surface area contributed by atoms with Gasteiger partial charge in [0.2, 0.25) is 5.90 Å². The van der Waals surface area contributed by atoms with Crippen LogP contribution < -0.4 is 10.7 Å². The van der Waals surface area contributed by atoms with Crippen LogP contribution in [-0.2, 0) is 20.9 Å². The third-order valence-corrected chi connectivity index (χ3v) is 3.06. The number of hydrazone groups is 1. The van der Waals surface area contributed by atoms with Crippen LogP contribution in [0.4, 0.5) is 18.9 Å². The molecule has 0 bridgehead atoms. The van der Waals surface area contributed by atoms with Gasteiger partial charge >= 0.3 is 6.18 Å². The molecule has 1 heterocycles. The Balaban J connectivity index is 2.31. The van der Waals surface area contributed by atoms with E-state index in [4.69, 9.17) is 4.84 Å². The van der Waals surface area contributed by atoms with E-state index in [2.05, 4.69) is 10.7 Å². The predicted molar refractivity (Wildman–Crippen MR) is 65.3 cm³/mol. The average molecular weight is 309 g/mol. The minimum Gasteiger partial charge on any atom is -0.369 e. The number of hydrazine groups is 1. The summed E-state index contributed by atoms with van der Waals surface area (Å²) in [7, 11) is -3.40. The fraction of sp³-hybridized carbons (Fsp3) is 0.300. The van der Waals surface area contributed by atoms with Gasteiger partial charge in [-0.05, 0) is 17.7 Å². The van der Waals surface area contributed by atoms with Crippen LogP contribution in [0, 0.1) is 0 Å². The lowest BCUT2D eigenvalue weighted by atomic mass is 10.2. The zero-order valence-corrected chi connectivity index (χ0v) is 11.0. The van der Waals surface area contributed by atoms with Gasteiger partial charge in [0, 0.05) is 6.26 Å². The lowest BCUT2D eigenvalue weighted by Gasteiger charge is -2.17. The largest absolute Gasteiger partial charge is 0.418 e. The van der Waals surface area contributed by atoms with Crippen molar-refractivity contribution in [2.45, 2.75) is 6.18 Å². The number of para-hydroxylation sites is 1. The van der Waals surface area contributed by atoms with Crippen molar-refractivity contribution in [2.75, 3.05) is 17.1 Å². The highest BCUT2D eigenvalue weighted by Gasteiger charge is 2.36. The van der Waals surface area contributed by atoms with E-state index < -0.39 is 27.3 Å². The molecule has 10 heteroatoms. The number of hydrogen-bond acceptors (Lipinski definition) is 6. The minimum atomic E-state index is -4.56. The summed E-state index contributed by atoms with van der Waals surface area (Å²) in [5, 5.41) is 4.39. The van der Waals surface area contributed by atoms with Gasteiger partial charge in [0.25, 0.3) is 0 Å². The normalized spacial score (nSPS) is 16.0. The zero-order chi connectivity index (χ0) is 15.0. The first-order valence-electron chi connectivity index (χ1n) is 5.31. The average Bonchev–Trinajstić information content (AvgIpc) is 2.74. The Morgan fingerprint density at radius 1 is 1.35 bits per heavy atom. The van der Waals surface area contributed by atoms with Crippen molar-refractivity contribution in [3.8, 4) is 0 Å². The Kier molecular flexibility index (Phi) is 3.61. The zero-order valence-electron chi connectivity index (χ0n) is 10.2. The third kappa shape index (κ3) is 3.39. The first kappa shape index (κ1) is 14.6. The number of nitrogens with one attached hydrogen (secondary N) is 1. The summed E-state index contributed by atoms with van der Waals surface area (Å²) in [5.41, 5.74) is 0.919. The molecule has 0 saturated carbocycles. The summed E-state index contributed by atoms with van der Waals surface area (Å²) in [6.45, 7) is 0. The molecule has 0 saturated heterocycles. The Morgan fingerprint density at radius 3 is 2.60 bits per heavy atom. The molecule has 1 aromatic carbocycles. The molecule has 0 fully saturated rings. The molecule has 1 aliphatic rings. The summed E-state index contributed by atoms with van der Waals surface area (Å²) < 4.78 is 60.6. The van der Waals surface area contributed by atoms with Crippen LogP contribution in [0.5, 0.6) is 0 Å².